The van der Waals surface area contributed by atoms with Crippen LogP contribution in [0.2, 0.25) is 0 Å². The van der Waals surface area contributed by atoms with E-state index >= 15 is 0 Å². The molecule has 11 aromatic rings. The maximum Gasteiger partial charge on any atom is 0.0541 e. The summed E-state index contributed by atoms with van der Waals surface area (Å²) < 4.78 is 2.39. The first-order valence-corrected chi connectivity index (χ1v) is 22.7. The van der Waals surface area contributed by atoms with E-state index in [4.69, 9.17) is 6.58 Å². The maximum atomic E-state index is 4.77. The van der Waals surface area contributed by atoms with E-state index in [9.17, 15) is 0 Å². The van der Waals surface area contributed by atoms with Crippen molar-refractivity contribution in [3.8, 4) is 50.2 Å². The fourth-order valence-corrected chi connectivity index (χ4v) is 10.7. The van der Waals surface area contributed by atoms with E-state index in [-0.39, 0.29) is 11.3 Å². The molecule has 0 aliphatic heterocycles. The van der Waals surface area contributed by atoms with E-state index in [1.807, 2.05) is 0 Å². The van der Waals surface area contributed by atoms with Gasteiger partial charge in [0.25, 0.3) is 0 Å². The SMILES string of the molecule is C=C(c1ccccc1)C(c1ccc2c(c1)C(C)(C)c1ccccc1-2)c1ccc2cc(-c3cccc(-c4ccc5c(c4)c4ccccc4n5-c4ccc(-c5ccccc5)cc4)c3)ccc2c1. The second-order valence-corrected chi connectivity index (χ2v) is 18.2. The predicted molar refractivity (Wildman–Crippen MR) is 276 cm³/mol. The number of nitrogens with zero attached hydrogens (tertiary/aromatic N) is 1. The lowest BCUT2D eigenvalue weighted by atomic mass is 9.78. The molecule has 308 valence electrons. The summed E-state index contributed by atoms with van der Waals surface area (Å²) in [5.41, 5.74) is 21.0. The third-order valence-electron chi connectivity index (χ3n) is 14.1. The minimum absolute atomic E-state index is 0.00507. The number of allylic oxidation sites excluding steroid dienone is 1. The minimum Gasteiger partial charge on any atom is -0.309 e. The summed E-state index contributed by atoms with van der Waals surface area (Å²) >= 11 is 0. The highest BCUT2D eigenvalue weighted by molar-refractivity contribution is 6.10. The summed E-state index contributed by atoms with van der Waals surface area (Å²) in [5, 5.41) is 4.94. The van der Waals surface area contributed by atoms with Gasteiger partial charge in [-0.1, -0.05) is 208 Å². The van der Waals surface area contributed by atoms with Gasteiger partial charge in [0.05, 0.1) is 11.0 Å². The third kappa shape index (κ3) is 6.54. The van der Waals surface area contributed by atoms with Crippen LogP contribution < -0.4 is 0 Å². The molecule has 0 saturated heterocycles. The van der Waals surface area contributed by atoms with Gasteiger partial charge < -0.3 is 4.57 Å². The Morgan fingerprint density at radius 1 is 0.400 bits per heavy atom. The quantitative estimate of drug-likeness (QED) is 0.144. The summed E-state index contributed by atoms with van der Waals surface area (Å²) in [6.07, 6.45) is 0. The highest BCUT2D eigenvalue weighted by Gasteiger charge is 2.36. The van der Waals surface area contributed by atoms with Crippen molar-refractivity contribution < 1.29 is 0 Å². The highest BCUT2D eigenvalue weighted by atomic mass is 15.0. The predicted octanol–water partition coefficient (Wildman–Crippen LogP) is 17.1. The van der Waals surface area contributed by atoms with Gasteiger partial charge in [0.15, 0.2) is 0 Å². The maximum absolute atomic E-state index is 4.77. The first-order valence-electron chi connectivity index (χ1n) is 22.7. The molecule has 0 spiro atoms. The van der Waals surface area contributed by atoms with Crippen LogP contribution in [0.15, 0.2) is 237 Å². The molecule has 1 unspecified atom stereocenters. The van der Waals surface area contributed by atoms with Crippen molar-refractivity contribution in [3.05, 3.63) is 265 Å². The molecule has 1 nitrogen and oxygen atoms in total. The molecule has 1 atom stereocenters. The largest absolute Gasteiger partial charge is 0.309 e. The Labute approximate surface area is 381 Å². The molecule has 0 bridgehead atoms. The normalized spacial score (nSPS) is 13.2. The van der Waals surface area contributed by atoms with Crippen molar-refractivity contribution in [1.82, 2.24) is 4.57 Å². The number of benzene rings is 10. The van der Waals surface area contributed by atoms with E-state index < -0.39 is 0 Å². The lowest BCUT2D eigenvalue weighted by molar-refractivity contribution is 0.659. The molecule has 0 N–H and O–H groups in total. The molecule has 1 heterocycles. The second kappa shape index (κ2) is 15.4. The van der Waals surface area contributed by atoms with Crippen molar-refractivity contribution in [2.24, 2.45) is 0 Å². The fraction of sp³-hybridized carbons (Fsp3) is 0.0625. The molecule has 12 rings (SSSR count). The van der Waals surface area contributed by atoms with Gasteiger partial charge in [-0.3, -0.25) is 0 Å². The van der Waals surface area contributed by atoms with Gasteiger partial charge in [0.1, 0.15) is 0 Å². The van der Waals surface area contributed by atoms with Gasteiger partial charge in [-0.25, -0.2) is 0 Å². The Hall–Kier alpha value is -8.00. The fourth-order valence-electron chi connectivity index (χ4n) is 10.7. The van der Waals surface area contributed by atoms with Gasteiger partial charge in [-0.15, -0.1) is 0 Å². The summed E-state index contributed by atoms with van der Waals surface area (Å²) in [4.78, 5) is 0. The Bertz CT molecular complexity index is 3620. The molecule has 65 heavy (non-hydrogen) atoms. The van der Waals surface area contributed by atoms with Crippen LogP contribution in [0.25, 0.3) is 88.3 Å². The van der Waals surface area contributed by atoms with E-state index in [2.05, 4.69) is 249 Å². The van der Waals surface area contributed by atoms with E-state index in [1.165, 1.54) is 99.3 Å². The van der Waals surface area contributed by atoms with Crippen LogP contribution in [0, 0.1) is 0 Å². The average Bonchev–Trinajstić information content (AvgIpc) is 3.82. The van der Waals surface area contributed by atoms with Crippen molar-refractivity contribution in [2.45, 2.75) is 25.2 Å². The monoisotopic (exact) mass is 829 g/mol. The zero-order chi connectivity index (χ0) is 43.6. The summed E-state index contributed by atoms with van der Waals surface area (Å²) in [5.74, 6) is -0.00507. The molecule has 1 aliphatic carbocycles. The summed E-state index contributed by atoms with van der Waals surface area (Å²) in [6, 6.07) is 84.8. The first kappa shape index (κ1) is 38.7. The van der Waals surface area contributed by atoms with Gasteiger partial charge in [-0.05, 0) is 131 Å². The van der Waals surface area contributed by atoms with E-state index in [0.29, 0.717) is 0 Å². The zero-order valence-corrected chi connectivity index (χ0v) is 36.7. The number of para-hydroxylation sites is 1. The Morgan fingerprint density at radius 3 is 1.77 bits per heavy atom. The Kier molecular flexibility index (Phi) is 9.14. The Balaban J connectivity index is 0.882. The summed E-state index contributed by atoms with van der Waals surface area (Å²) in [7, 11) is 0. The molecular weight excluding hydrogens is 783 g/mol. The average molecular weight is 830 g/mol. The Morgan fingerprint density at radius 2 is 0.954 bits per heavy atom. The molecule has 0 radical (unpaired) electrons. The van der Waals surface area contributed by atoms with Crippen LogP contribution in [0.5, 0.6) is 0 Å². The lowest BCUT2D eigenvalue weighted by Crippen LogP contribution is -2.15. The number of hydrogen-bond donors (Lipinski definition) is 0. The first-order chi connectivity index (χ1) is 31.9. The van der Waals surface area contributed by atoms with Crippen LogP contribution in [0.4, 0.5) is 0 Å². The smallest absolute Gasteiger partial charge is 0.0541 e. The minimum atomic E-state index is -0.0819. The van der Waals surface area contributed by atoms with Gasteiger partial charge in [0, 0.05) is 27.8 Å². The molecular formula is C64H47N. The zero-order valence-electron chi connectivity index (χ0n) is 36.7. The van der Waals surface area contributed by atoms with Crippen LogP contribution >= 0.6 is 0 Å². The van der Waals surface area contributed by atoms with Crippen molar-refractivity contribution in [3.63, 3.8) is 0 Å². The standard InChI is InChI=1S/C64H47N/c1-42(43-15-6-4-7-16-43)63(53-31-35-56-55-21-10-12-23-59(55)64(2,3)60(56)41-53)52-28-27-49-38-48(25-26-50(49)39-52)46-19-14-20-47(37-46)51-32-36-62-58(40-51)57-22-11-13-24-61(57)65(62)54-33-29-45(30-34-54)44-17-8-5-9-18-44/h4-41,63H,1H2,2-3H3. The molecule has 1 aromatic heterocycles. The highest BCUT2D eigenvalue weighted by Crippen LogP contribution is 2.50. The van der Waals surface area contributed by atoms with Crippen LogP contribution in [0.3, 0.4) is 0 Å². The number of fused-ring (bicyclic) bond motifs is 7. The molecule has 1 aliphatic rings. The number of rotatable bonds is 8. The van der Waals surface area contributed by atoms with Crippen molar-refractivity contribution >= 4 is 38.2 Å². The number of aromatic nitrogens is 1. The molecule has 10 aromatic carbocycles. The number of hydrogen-bond acceptors (Lipinski definition) is 0. The van der Waals surface area contributed by atoms with E-state index in [1.54, 1.807) is 0 Å². The molecule has 1 heteroatoms. The van der Waals surface area contributed by atoms with Gasteiger partial charge in [-0.2, -0.15) is 0 Å². The van der Waals surface area contributed by atoms with Crippen LogP contribution in [0.1, 0.15) is 47.6 Å². The third-order valence-corrected chi connectivity index (χ3v) is 14.1. The molecule has 0 amide bonds. The van der Waals surface area contributed by atoms with Gasteiger partial charge in [0.2, 0.25) is 0 Å². The summed E-state index contributed by atoms with van der Waals surface area (Å²) in [6.45, 7) is 9.49. The van der Waals surface area contributed by atoms with E-state index in [0.717, 1.165) is 16.8 Å². The topological polar surface area (TPSA) is 4.93 Å². The van der Waals surface area contributed by atoms with Crippen molar-refractivity contribution in [1.29, 1.82) is 0 Å². The van der Waals surface area contributed by atoms with Crippen LogP contribution in [-0.4, -0.2) is 4.57 Å². The second-order valence-electron chi connectivity index (χ2n) is 18.2. The van der Waals surface area contributed by atoms with Crippen molar-refractivity contribution in [2.75, 3.05) is 0 Å². The lowest BCUT2D eigenvalue weighted by Gasteiger charge is -2.26. The van der Waals surface area contributed by atoms with Crippen LogP contribution in [-0.2, 0) is 5.41 Å². The molecule has 0 saturated carbocycles. The van der Waals surface area contributed by atoms with Gasteiger partial charge >= 0.3 is 0 Å². The molecule has 0 fully saturated rings.